The molecule has 0 amide bonds. The molecule has 198 valence electrons. The number of esters is 1. The number of anilines is 1. The smallest absolute Gasteiger partial charge is 0.351 e. The molecule has 1 unspecified atom stereocenters. The van der Waals surface area contributed by atoms with Crippen LogP contribution in [0.3, 0.4) is 0 Å². The Balaban J connectivity index is 1.79. The highest BCUT2D eigenvalue weighted by atomic mass is 32.5. The van der Waals surface area contributed by atoms with Crippen LogP contribution in [-0.4, -0.2) is 62.3 Å². The van der Waals surface area contributed by atoms with Gasteiger partial charge in [-0.15, -0.1) is 0 Å². The first kappa shape index (κ1) is 28.2. The summed E-state index contributed by atoms with van der Waals surface area (Å²) in [5.41, 5.74) is 2.90. The minimum Gasteiger partial charge on any atom is -0.462 e. The molecule has 3 rings (SSSR count). The number of carbonyl (C=O) groups is 1. The molecule has 1 saturated heterocycles. The number of nitrogens with zero attached hydrogens (tertiary/aromatic N) is 2. The highest BCUT2D eigenvalue weighted by Crippen LogP contribution is 2.47. The summed E-state index contributed by atoms with van der Waals surface area (Å²) >= 11 is 5.65. The van der Waals surface area contributed by atoms with E-state index in [2.05, 4.69) is 10.1 Å². The Kier molecular flexibility index (Phi) is 8.88. The fraction of sp³-hybridized carbons (Fsp3) is 0.500. The van der Waals surface area contributed by atoms with Crippen molar-refractivity contribution in [2.75, 3.05) is 12.3 Å². The van der Waals surface area contributed by atoms with E-state index in [1.165, 1.54) is 19.2 Å². The largest absolute Gasteiger partial charge is 0.462 e. The molecule has 14 heteroatoms. The molecule has 1 aromatic heterocycles. The first-order valence-corrected chi connectivity index (χ1v) is 13.8. The summed E-state index contributed by atoms with van der Waals surface area (Å²) in [4.78, 5) is 28.3. The van der Waals surface area contributed by atoms with Crippen molar-refractivity contribution in [3.8, 4) is 5.75 Å². The molecule has 0 saturated carbocycles. The minimum absolute atomic E-state index is 0.00394. The molecular formula is C22H31N4O8PS. The number of aliphatic hydroxyl groups is 2. The summed E-state index contributed by atoms with van der Waals surface area (Å²) in [6.07, 6.45) is -2.86. The Labute approximate surface area is 213 Å². The second-order valence-corrected chi connectivity index (χ2v) is 11.9. The molecule has 2 heterocycles. The number of aliphatic hydroxyl groups excluding tert-OH is 1. The van der Waals surface area contributed by atoms with Gasteiger partial charge in [0.1, 0.15) is 35.4 Å². The molecule has 1 fully saturated rings. The van der Waals surface area contributed by atoms with Gasteiger partial charge in [-0.05, 0) is 57.7 Å². The van der Waals surface area contributed by atoms with E-state index >= 15 is 0 Å². The Bertz CT molecular complexity index is 1160. The van der Waals surface area contributed by atoms with Gasteiger partial charge in [0.2, 0.25) is 0 Å². The molecule has 0 bridgehead atoms. The first-order chi connectivity index (χ1) is 16.8. The van der Waals surface area contributed by atoms with Gasteiger partial charge in [0.05, 0.1) is 12.7 Å². The standard InChI is InChI=1S/C22H31N4O8PS/c1-13(2)32-19(28)14(3)25-35(36,34-15-8-6-5-7-9-15)31-12-16-18(27)22(4,30)20(33-16)26-11-10-17(23)24-21(26)29/h5-11,13-14,16,18,20,27,30H,12H2,1-4H3,(H,25,36)(H2,23,24,29)/t14-,16+,18+,20+,22+,35?/m0/s1. The molecule has 12 nitrogen and oxygen atoms in total. The van der Waals surface area contributed by atoms with E-state index in [4.69, 9.17) is 36.1 Å². The van der Waals surface area contributed by atoms with Crippen LogP contribution in [0, 0.1) is 0 Å². The quantitative estimate of drug-likeness (QED) is 0.250. The third-order valence-electron chi connectivity index (χ3n) is 5.29. The van der Waals surface area contributed by atoms with Crippen LogP contribution >= 0.6 is 6.64 Å². The van der Waals surface area contributed by atoms with Crippen molar-refractivity contribution >= 4 is 30.2 Å². The summed E-state index contributed by atoms with van der Waals surface area (Å²) < 4.78 is 23.9. The van der Waals surface area contributed by atoms with Gasteiger partial charge in [0.15, 0.2) is 6.23 Å². The summed E-state index contributed by atoms with van der Waals surface area (Å²) in [7, 11) is 0. The summed E-state index contributed by atoms with van der Waals surface area (Å²) in [6.45, 7) is 2.59. The molecule has 2 aromatic rings. The van der Waals surface area contributed by atoms with E-state index in [-0.39, 0.29) is 18.5 Å². The fourth-order valence-electron chi connectivity index (χ4n) is 3.49. The summed E-state index contributed by atoms with van der Waals surface area (Å²) in [5.74, 6) is -0.144. The maximum absolute atomic E-state index is 12.4. The lowest BCUT2D eigenvalue weighted by atomic mass is 9.96. The Morgan fingerprint density at radius 3 is 2.61 bits per heavy atom. The zero-order valence-corrected chi connectivity index (χ0v) is 22.0. The van der Waals surface area contributed by atoms with E-state index < -0.39 is 48.4 Å². The maximum Gasteiger partial charge on any atom is 0.351 e. The highest BCUT2D eigenvalue weighted by Gasteiger charge is 2.54. The monoisotopic (exact) mass is 542 g/mol. The first-order valence-electron chi connectivity index (χ1n) is 11.2. The highest BCUT2D eigenvalue weighted by molar-refractivity contribution is 8.09. The van der Waals surface area contributed by atoms with E-state index in [9.17, 15) is 19.8 Å². The van der Waals surface area contributed by atoms with Crippen molar-refractivity contribution in [2.24, 2.45) is 0 Å². The second kappa shape index (κ2) is 11.3. The van der Waals surface area contributed by atoms with E-state index in [0.29, 0.717) is 5.75 Å². The van der Waals surface area contributed by atoms with Crippen LogP contribution in [-0.2, 0) is 30.6 Å². The van der Waals surface area contributed by atoms with Gasteiger partial charge in [-0.1, -0.05) is 18.2 Å². The van der Waals surface area contributed by atoms with Crippen LogP contribution in [0.5, 0.6) is 5.75 Å². The van der Waals surface area contributed by atoms with Crippen molar-refractivity contribution in [3.63, 3.8) is 0 Å². The number of nitrogen functional groups attached to an aromatic ring is 1. The number of hydrogen-bond acceptors (Lipinski definition) is 11. The second-order valence-electron chi connectivity index (χ2n) is 8.77. The van der Waals surface area contributed by atoms with Crippen LogP contribution < -0.4 is 21.0 Å². The van der Waals surface area contributed by atoms with Gasteiger partial charge < -0.3 is 34.5 Å². The third kappa shape index (κ3) is 6.68. The predicted octanol–water partition coefficient (Wildman–Crippen LogP) is 1.08. The lowest BCUT2D eigenvalue weighted by Gasteiger charge is -2.28. The number of hydrogen-bond donors (Lipinski definition) is 4. The van der Waals surface area contributed by atoms with E-state index in [1.54, 1.807) is 51.1 Å². The van der Waals surface area contributed by atoms with Crippen molar-refractivity contribution in [2.45, 2.75) is 63.9 Å². The fourth-order valence-corrected chi connectivity index (χ4v) is 5.91. The maximum atomic E-state index is 12.4. The molecule has 1 aromatic carbocycles. The predicted molar refractivity (Wildman–Crippen MR) is 135 cm³/mol. The van der Waals surface area contributed by atoms with E-state index in [1.807, 2.05) is 0 Å². The van der Waals surface area contributed by atoms with Gasteiger partial charge >= 0.3 is 18.3 Å². The molecule has 0 spiro atoms. The van der Waals surface area contributed by atoms with Crippen LogP contribution in [0.1, 0.15) is 33.9 Å². The lowest BCUT2D eigenvalue weighted by Crippen LogP contribution is -2.46. The lowest BCUT2D eigenvalue weighted by molar-refractivity contribution is -0.149. The number of nitrogens with two attached hydrogens (primary N) is 1. The molecular weight excluding hydrogens is 511 g/mol. The average Bonchev–Trinajstić information content (AvgIpc) is 3.01. The molecule has 0 aliphatic carbocycles. The van der Waals surface area contributed by atoms with Crippen molar-refractivity contribution in [1.82, 2.24) is 14.6 Å². The van der Waals surface area contributed by atoms with Crippen molar-refractivity contribution < 1.29 is 33.5 Å². The molecule has 1 aliphatic rings. The normalized spacial score (nSPS) is 26.4. The number of ether oxygens (including phenoxy) is 2. The van der Waals surface area contributed by atoms with Crippen LogP contribution in [0.15, 0.2) is 47.4 Å². The Hall–Kier alpha value is -2.38. The number of rotatable bonds is 10. The number of para-hydroxylation sites is 1. The van der Waals surface area contributed by atoms with Gasteiger partial charge in [-0.25, -0.2) is 9.88 Å². The van der Waals surface area contributed by atoms with E-state index in [0.717, 1.165) is 4.57 Å². The zero-order chi connectivity index (χ0) is 26.7. The Morgan fingerprint density at radius 2 is 2.00 bits per heavy atom. The minimum atomic E-state index is -3.41. The zero-order valence-electron chi connectivity index (χ0n) is 20.3. The number of nitrogens with one attached hydrogen (secondary N) is 1. The SMILES string of the molecule is CC(C)OC(=O)[C@H](C)NP(=S)(OC[C@H]1O[C@@H](n2ccc(N)nc2=O)[C@](C)(O)[C@@H]1O)Oc1ccccc1. The van der Waals surface area contributed by atoms with Crippen LogP contribution in [0.2, 0.25) is 0 Å². The number of carbonyl (C=O) groups excluding carboxylic acids is 1. The van der Waals surface area contributed by atoms with Crippen LogP contribution in [0.4, 0.5) is 5.82 Å². The Morgan fingerprint density at radius 1 is 1.33 bits per heavy atom. The van der Waals surface area contributed by atoms with Gasteiger partial charge in [0, 0.05) is 6.20 Å². The summed E-state index contributed by atoms with van der Waals surface area (Å²) in [6, 6.07) is 9.13. The van der Waals surface area contributed by atoms with Crippen LogP contribution in [0.25, 0.3) is 0 Å². The molecule has 0 radical (unpaired) electrons. The van der Waals surface area contributed by atoms with Gasteiger partial charge in [-0.2, -0.15) is 4.98 Å². The molecule has 5 N–H and O–H groups in total. The molecule has 1 aliphatic heterocycles. The van der Waals surface area contributed by atoms with Gasteiger partial charge in [-0.3, -0.25) is 9.36 Å². The van der Waals surface area contributed by atoms with Crippen molar-refractivity contribution in [3.05, 3.63) is 53.1 Å². The average molecular weight is 543 g/mol. The third-order valence-corrected chi connectivity index (χ3v) is 7.79. The van der Waals surface area contributed by atoms with Crippen molar-refractivity contribution in [1.29, 1.82) is 0 Å². The molecule has 6 atom stereocenters. The topological polar surface area (TPSA) is 167 Å². The number of aromatic nitrogens is 2. The summed E-state index contributed by atoms with van der Waals surface area (Å²) in [5, 5.41) is 24.6. The number of benzene rings is 1. The van der Waals surface area contributed by atoms with Gasteiger partial charge in [0.25, 0.3) is 0 Å². The molecule has 36 heavy (non-hydrogen) atoms.